The van der Waals surface area contributed by atoms with Crippen LogP contribution in [-0.2, 0) is 0 Å². The minimum absolute atomic E-state index is 0.0867. The maximum absolute atomic E-state index is 10.9. The highest BCUT2D eigenvalue weighted by Crippen LogP contribution is 2.06. The van der Waals surface area contributed by atoms with Crippen LogP contribution in [0.5, 0.6) is 0 Å². The number of piperidine rings is 1. The monoisotopic (exact) mass is 171 g/mol. The molecule has 1 rings (SSSR count). The molecule has 2 atom stereocenters. The number of hydrogen-bond acceptors (Lipinski definition) is 2. The lowest BCUT2D eigenvalue weighted by Crippen LogP contribution is -2.50. The van der Waals surface area contributed by atoms with Gasteiger partial charge >= 0.3 is 6.03 Å². The number of hydrogen-bond donors (Lipinski definition) is 3. The van der Waals surface area contributed by atoms with Gasteiger partial charge in [-0.1, -0.05) is 0 Å². The first-order valence-corrected chi connectivity index (χ1v) is 4.44. The van der Waals surface area contributed by atoms with Crippen LogP contribution in [0.4, 0.5) is 4.79 Å². The fourth-order valence-corrected chi connectivity index (χ4v) is 1.38. The van der Waals surface area contributed by atoms with Gasteiger partial charge in [0.25, 0.3) is 0 Å². The quantitative estimate of drug-likeness (QED) is 0.522. The highest BCUT2D eigenvalue weighted by Gasteiger charge is 2.18. The van der Waals surface area contributed by atoms with E-state index in [0.29, 0.717) is 12.1 Å². The Labute approximate surface area is 73.1 Å². The molecule has 1 fully saturated rings. The summed E-state index contributed by atoms with van der Waals surface area (Å²) in [6.07, 6.45) is 2.20. The van der Waals surface area contributed by atoms with Crippen LogP contribution in [0.1, 0.15) is 19.8 Å². The maximum Gasteiger partial charge on any atom is 0.314 e. The van der Waals surface area contributed by atoms with Crippen LogP contribution in [-0.4, -0.2) is 31.7 Å². The number of amides is 2. The van der Waals surface area contributed by atoms with Crippen molar-refractivity contribution in [3.63, 3.8) is 0 Å². The van der Waals surface area contributed by atoms with Gasteiger partial charge in [0.05, 0.1) is 0 Å². The van der Waals surface area contributed by atoms with Crippen molar-refractivity contribution in [2.45, 2.75) is 31.8 Å². The summed E-state index contributed by atoms with van der Waals surface area (Å²) in [6, 6.07) is 0.797. The molecular formula is C8H17N3O. The summed E-state index contributed by atoms with van der Waals surface area (Å²) < 4.78 is 0. The molecule has 70 valence electrons. The summed E-state index contributed by atoms with van der Waals surface area (Å²) >= 11 is 0. The van der Waals surface area contributed by atoms with E-state index in [2.05, 4.69) is 22.9 Å². The van der Waals surface area contributed by atoms with E-state index in [1.807, 2.05) is 0 Å². The zero-order valence-corrected chi connectivity index (χ0v) is 7.68. The average molecular weight is 171 g/mol. The van der Waals surface area contributed by atoms with Gasteiger partial charge in [0, 0.05) is 25.7 Å². The van der Waals surface area contributed by atoms with E-state index in [1.54, 1.807) is 7.05 Å². The summed E-state index contributed by atoms with van der Waals surface area (Å²) in [5.74, 6) is 0. The molecule has 0 bridgehead atoms. The van der Waals surface area contributed by atoms with Crippen molar-refractivity contribution < 1.29 is 4.79 Å². The summed E-state index contributed by atoms with van der Waals surface area (Å²) in [5.41, 5.74) is 0. The molecule has 2 amide bonds. The molecule has 0 aliphatic carbocycles. The third kappa shape index (κ3) is 2.70. The van der Waals surface area contributed by atoms with Crippen molar-refractivity contribution in [2.24, 2.45) is 0 Å². The Morgan fingerprint density at radius 2 is 2.25 bits per heavy atom. The van der Waals surface area contributed by atoms with Gasteiger partial charge in [-0.15, -0.1) is 0 Å². The first kappa shape index (κ1) is 9.32. The molecule has 0 aromatic rings. The fourth-order valence-electron chi connectivity index (χ4n) is 1.38. The van der Waals surface area contributed by atoms with Gasteiger partial charge in [0.1, 0.15) is 0 Å². The third-order valence-corrected chi connectivity index (χ3v) is 2.22. The second kappa shape index (κ2) is 4.30. The molecule has 4 nitrogen and oxygen atoms in total. The number of carbonyl (C=O) groups is 1. The highest BCUT2D eigenvalue weighted by atomic mass is 16.2. The maximum atomic E-state index is 10.9. The molecule has 1 saturated heterocycles. The van der Waals surface area contributed by atoms with Crippen molar-refractivity contribution >= 4 is 6.03 Å². The van der Waals surface area contributed by atoms with Crippen molar-refractivity contribution in [1.82, 2.24) is 16.0 Å². The average Bonchev–Trinajstić information content (AvgIpc) is 2.09. The van der Waals surface area contributed by atoms with Gasteiger partial charge in [0.2, 0.25) is 0 Å². The molecule has 0 aromatic heterocycles. The minimum Gasteiger partial charge on any atom is -0.341 e. The number of rotatable bonds is 1. The van der Waals surface area contributed by atoms with E-state index >= 15 is 0 Å². The molecule has 3 N–H and O–H groups in total. The van der Waals surface area contributed by atoms with Crippen LogP contribution < -0.4 is 16.0 Å². The van der Waals surface area contributed by atoms with Gasteiger partial charge in [-0.2, -0.15) is 0 Å². The largest absolute Gasteiger partial charge is 0.341 e. The van der Waals surface area contributed by atoms with Crippen molar-refractivity contribution in [3.05, 3.63) is 0 Å². The van der Waals surface area contributed by atoms with Crippen molar-refractivity contribution in [2.75, 3.05) is 13.6 Å². The van der Waals surface area contributed by atoms with Gasteiger partial charge in [-0.25, -0.2) is 4.79 Å². The van der Waals surface area contributed by atoms with Crippen LogP contribution in [0.25, 0.3) is 0 Å². The normalized spacial score (nSPS) is 29.5. The highest BCUT2D eigenvalue weighted by molar-refractivity contribution is 5.73. The van der Waals surface area contributed by atoms with E-state index in [1.165, 1.54) is 0 Å². The van der Waals surface area contributed by atoms with Gasteiger partial charge in [0.15, 0.2) is 0 Å². The summed E-state index contributed by atoms with van der Waals surface area (Å²) in [5, 5.41) is 8.74. The lowest BCUT2D eigenvalue weighted by molar-refractivity contribution is 0.233. The molecule has 0 radical (unpaired) electrons. The Bertz CT molecular complexity index is 152. The molecule has 0 aromatic carbocycles. The molecule has 4 heteroatoms. The van der Waals surface area contributed by atoms with Gasteiger partial charge in [-0.3, -0.25) is 0 Å². The Morgan fingerprint density at radius 1 is 1.50 bits per heavy atom. The fraction of sp³-hybridized carbons (Fsp3) is 0.875. The van der Waals surface area contributed by atoms with Crippen molar-refractivity contribution in [1.29, 1.82) is 0 Å². The molecule has 1 aliphatic heterocycles. The van der Waals surface area contributed by atoms with Crippen LogP contribution in [0.2, 0.25) is 0 Å². The second-order valence-corrected chi connectivity index (χ2v) is 3.31. The third-order valence-electron chi connectivity index (χ3n) is 2.22. The van der Waals surface area contributed by atoms with Crippen LogP contribution in [0.3, 0.4) is 0 Å². The molecule has 2 unspecified atom stereocenters. The molecular weight excluding hydrogens is 154 g/mol. The van der Waals surface area contributed by atoms with E-state index in [4.69, 9.17) is 0 Å². The predicted molar refractivity (Wildman–Crippen MR) is 48.1 cm³/mol. The minimum atomic E-state index is -0.0867. The Kier molecular flexibility index (Phi) is 3.34. The smallest absolute Gasteiger partial charge is 0.314 e. The first-order valence-electron chi connectivity index (χ1n) is 4.44. The van der Waals surface area contributed by atoms with Crippen LogP contribution >= 0.6 is 0 Å². The first-order chi connectivity index (χ1) is 5.72. The van der Waals surface area contributed by atoms with Crippen LogP contribution in [0.15, 0.2) is 0 Å². The molecule has 1 heterocycles. The second-order valence-electron chi connectivity index (χ2n) is 3.31. The summed E-state index contributed by atoms with van der Waals surface area (Å²) in [7, 11) is 1.63. The molecule has 0 spiro atoms. The Hall–Kier alpha value is -0.770. The van der Waals surface area contributed by atoms with Crippen molar-refractivity contribution in [3.8, 4) is 0 Å². The van der Waals surface area contributed by atoms with Gasteiger partial charge in [-0.05, 0) is 19.8 Å². The number of carbonyl (C=O) groups excluding carboxylic acids is 1. The number of urea groups is 1. The number of nitrogens with one attached hydrogen (secondary N) is 3. The SMILES string of the molecule is CNC(=O)NC1CCC(C)NC1. The predicted octanol–water partition coefficient (Wildman–Crippen LogP) is 0.0559. The summed E-state index contributed by atoms with van der Waals surface area (Å²) in [4.78, 5) is 10.9. The Morgan fingerprint density at radius 3 is 2.75 bits per heavy atom. The van der Waals surface area contributed by atoms with E-state index in [-0.39, 0.29) is 6.03 Å². The molecule has 12 heavy (non-hydrogen) atoms. The van der Waals surface area contributed by atoms with E-state index in [0.717, 1.165) is 19.4 Å². The lowest BCUT2D eigenvalue weighted by atomic mass is 10.0. The van der Waals surface area contributed by atoms with E-state index < -0.39 is 0 Å². The molecule has 0 saturated carbocycles. The summed E-state index contributed by atoms with van der Waals surface area (Å²) in [6.45, 7) is 3.05. The standard InChI is InChI=1S/C8H17N3O/c1-6-3-4-7(5-10-6)11-8(12)9-2/h6-7,10H,3-5H2,1-2H3,(H2,9,11,12). The Balaban J connectivity index is 2.21. The van der Waals surface area contributed by atoms with E-state index in [9.17, 15) is 4.79 Å². The van der Waals surface area contributed by atoms with Crippen LogP contribution in [0, 0.1) is 0 Å². The zero-order valence-electron chi connectivity index (χ0n) is 7.68. The molecule has 1 aliphatic rings. The topological polar surface area (TPSA) is 53.2 Å². The zero-order chi connectivity index (χ0) is 8.97. The van der Waals surface area contributed by atoms with Gasteiger partial charge < -0.3 is 16.0 Å². The lowest BCUT2D eigenvalue weighted by Gasteiger charge is -2.28.